The van der Waals surface area contributed by atoms with Crippen molar-refractivity contribution in [1.82, 2.24) is 4.98 Å². The molecule has 6 aromatic rings. The first-order chi connectivity index (χ1) is 28.1. The molecule has 1 nitrogen and oxygen atoms in total. The number of hydrogen-bond acceptors (Lipinski definition) is 1. The van der Waals surface area contributed by atoms with Crippen molar-refractivity contribution in [3.63, 3.8) is 0 Å². The van der Waals surface area contributed by atoms with Gasteiger partial charge in [-0.3, -0.25) is 4.98 Å². The van der Waals surface area contributed by atoms with E-state index in [1.165, 1.54) is 85.6 Å². The number of benzene rings is 5. The molecule has 3 aliphatic rings. The van der Waals surface area contributed by atoms with E-state index >= 15 is 0 Å². The summed E-state index contributed by atoms with van der Waals surface area (Å²) in [5, 5.41) is 7.75. The second-order valence-corrected chi connectivity index (χ2v) is 28.0. The minimum Gasteiger partial charge on any atom is -0.261 e. The van der Waals surface area contributed by atoms with Crippen LogP contribution in [-0.4, -0.2) is 60.4 Å². The molecule has 57 heavy (non-hydrogen) atoms. The molecule has 6 atom stereocenters. The molecule has 9 rings (SSSR count). The molecule has 0 bridgehead atoms. The van der Waals surface area contributed by atoms with Gasteiger partial charge in [0.25, 0.3) is 0 Å². The van der Waals surface area contributed by atoms with Gasteiger partial charge in [0, 0.05) is 17.5 Å². The molecular weight excluding hydrogens is 781 g/mol. The molecular formula is C51H60NP5. The Morgan fingerprint density at radius 1 is 0.456 bits per heavy atom. The van der Waals surface area contributed by atoms with Crippen molar-refractivity contribution in [1.29, 1.82) is 0 Å². The van der Waals surface area contributed by atoms with Gasteiger partial charge in [-0.25, -0.2) is 0 Å². The van der Waals surface area contributed by atoms with Crippen molar-refractivity contribution < 1.29 is 0 Å². The maximum atomic E-state index is 4.43. The molecule has 0 spiro atoms. The van der Waals surface area contributed by atoms with Gasteiger partial charge in [-0.05, 0) is 148 Å². The molecule has 6 heteroatoms. The smallest absolute Gasteiger partial charge is 0.0477 e. The summed E-state index contributed by atoms with van der Waals surface area (Å²) in [6.45, 7) is 4.91. The average Bonchev–Trinajstić information content (AvgIpc) is 4.05. The predicted octanol–water partition coefficient (Wildman–Crippen LogP) is 12.5. The summed E-state index contributed by atoms with van der Waals surface area (Å²) in [7, 11) is 0.0716. The van der Waals surface area contributed by atoms with Gasteiger partial charge in [0.15, 0.2) is 0 Å². The van der Waals surface area contributed by atoms with Crippen molar-refractivity contribution in [3.8, 4) is 0 Å². The van der Waals surface area contributed by atoms with Crippen LogP contribution in [0.4, 0.5) is 0 Å². The molecule has 3 unspecified atom stereocenters. The van der Waals surface area contributed by atoms with Gasteiger partial charge < -0.3 is 0 Å². The lowest BCUT2D eigenvalue weighted by Gasteiger charge is -2.27. The number of nitrogens with zero attached hydrogens (tertiary/aromatic N) is 1. The summed E-state index contributed by atoms with van der Waals surface area (Å²) in [5.74, 6) is 0. The lowest BCUT2D eigenvalue weighted by atomic mass is 10.2. The Bertz CT molecular complexity index is 1910. The van der Waals surface area contributed by atoms with Crippen LogP contribution in [0.2, 0.25) is 0 Å². The summed E-state index contributed by atoms with van der Waals surface area (Å²) in [4.78, 5) is 4.43. The highest BCUT2D eigenvalue weighted by molar-refractivity contribution is 7.75. The third-order valence-electron chi connectivity index (χ3n) is 11.7. The maximum Gasteiger partial charge on any atom is 0.0477 e. The summed E-state index contributed by atoms with van der Waals surface area (Å²) < 4.78 is 0. The molecule has 0 N–H and O–H groups in total. The zero-order valence-electron chi connectivity index (χ0n) is 33.9. The van der Waals surface area contributed by atoms with Crippen LogP contribution in [0.3, 0.4) is 0 Å². The molecule has 294 valence electrons. The van der Waals surface area contributed by atoms with E-state index in [0.29, 0.717) is 0 Å². The minimum absolute atomic E-state index is 0.000694. The molecule has 5 aromatic carbocycles. The lowest BCUT2D eigenvalue weighted by molar-refractivity contribution is 0.804. The minimum atomic E-state index is -0.263. The Labute approximate surface area is 350 Å². The highest BCUT2D eigenvalue weighted by atomic mass is 31.1. The Balaban J connectivity index is 0.000000138. The van der Waals surface area contributed by atoms with Gasteiger partial charge in [0.1, 0.15) is 0 Å². The van der Waals surface area contributed by atoms with Crippen LogP contribution >= 0.6 is 39.6 Å². The predicted molar refractivity (Wildman–Crippen MR) is 263 cm³/mol. The monoisotopic (exact) mass is 841 g/mol. The number of aromatic nitrogens is 1. The number of pyridine rings is 1. The number of rotatable bonds is 10. The van der Waals surface area contributed by atoms with Crippen LogP contribution in [0.25, 0.3) is 0 Å². The van der Waals surface area contributed by atoms with E-state index < -0.39 is 0 Å². The van der Waals surface area contributed by atoms with Gasteiger partial charge >= 0.3 is 0 Å². The zero-order valence-corrected chi connectivity index (χ0v) is 38.4. The largest absolute Gasteiger partial charge is 0.261 e. The van der Waals surface area contributed by atoms with Crippen LogP contribution in [0.1, 0.15) is 49.9 Å². The van der Waals surface area contributed by atoms with Crippen LogP contribution in [0.15, 0.2) is 176 Å². The SMILES string of the molecule is CP1CCC[C@@H]1CP(c1ccccc1)c1ccccc1.CP1CCC[C@@H]1c1ccccn1.c1ccc(P(C[C@H]2CCCP2c2ccccc2)c2ccccc2)cc1. The van der Waals surface area contributed by atoms with Crippen LogP contribution in [0, 0.1) is 0 Å². The van der Waals surface area contributed by atoms with Crippen LogP contribution in [-0.2, 0) is 0 Å². The van der Waals surface area contributed by atoms with E-state index in [0.717, 1.165) is 17.0 Å². The quantitative estimate of drug-likeness (QED) is 0.125. The second-order valence-electron chi connectivity index (χ2n) is 15.6. The van der Waals surface area contributed by atoms with Crippen molar-refractivity contribution in [2.75, 3.05) is 44.1 Å². The fraction of sp³-hybridized carbons (Fsp3) is 0.314. The topological polar surface area (TPSA) is 12.9 Å². The van der Waals surface area contributed by atoms with Crippen molar-refractivity contribution in [2.24, 2.45) is 0 Å². The van der Waals surface area contributed by atoms with E-state index in [-0.39, 0.29) is 39.6 Å². The molecule has 0 radical (unpaired) electrons. The standard InChI is InChI=1S/C23H24P2.C18H22P2.C10H14NP/c1-4-11-20(12-5-1)24-18-10-17-23(24)19-25(21-13-6-2-7-14-21)22-15-8-3-9-16-22;1-19-14-8-13-18(19)15-20(16-9-4-2-5-10-16)17-11-6-3-7-12-17;1-12-8-4-6-10(12)9-5-2-3-7-11-9/h1-9,11-16,23H,10,17-19H2;2-7,9-12,18H,8,13-15H2,1H3;2-3,5,7,10H,4,6,8H2,1H3/t23-,24?;18-,19?;10-,12?/m111/s1. The van der Waals surface area contributed by atoms with Crippen molar-refractivity contribution >= 4 is 66.1 Å². The summed E-state index contributed by atoms with van der Waals surface area (Å²) in [5.41, 5.74) is 3.96. The fourth-order valence-electron chi connectivity index (χ4n) is 8.62. The zero-order chi connectivity index (χ0) is 39.1. The van der Waals surface area contributed by atoms with Crippen LogP contribution in [0.5, 0.6) is 0 Å². The van der Waals surface area contributed by atoms with Crippen LogP contribution < -0.4 is 26.5 Å². The summed E-state index contributed by atoms with van der Waals surface area (Å²) >= 11 is 0. The Morgan fingerprint density at radius 2 is 0.877 bits per heavy atom. The molecule has 0 amide bonds. The highest BCUT2D eigenvalue weighted by Crippen LogP contribution is 2.56. The van der Waals surface area contributed by atoms with Gasteiger partial charge in [-0.2, -0.15) is 0 Å². The Morgan fingerprint density at radius 3 is 1.32 bits per heavy atom. The average molecular weight is 842 g/mol. The summed E-state index contributed by atoms with van der Waals surface area (Å²) in [6, 6.07) is 62.3. The van der Waals surface area contributed by atoms with Crippen molar-refractivity contribution in [3.05, 3.63) is 182 Å². The molecule has 0 saturated carbocycles. The first-order valence-electron chi connectivity index (χ1n) is 21.0. The maximum absolute atomic E-state index is 4.43. The van der Waals surface area contributed by atoms with E-state index in [4.69, 9.17) is 0 Å². The van der Waals surface area contributed by atoms with E-state index in [1.807, 2.05) is 12.3 Å². The summed E-state index contributed by atoms with van der Waals surface area (Å²) in [6.07, 6.45) is 17.5. The first-order valence-corrected chi connectivity index (χ1v) is 29.8. The molecule has 0 aliphatic carbocycles. The molecule has 3 fully saturated rings. The van der Waals surface area contributed by atoms with Gasteiger partial charge in [0.05, 0.1) is 0 Å². The van der Waals surface area contributed by atoms with Gasteiger partial charge in [-0.15, -0.1) is 15.8 Å². The molecule has 3 aliphatic heterocycles. The normalized spacial score (nSPS) is 22.7. The highest BCUT2D eigenvalue weighted by Gasteiger charge is 2.31. The van der Waals surface area contributed by atoms with E-state index in [9.17, 15) is 0 Å². The first kappa shape index (κ1) is 42.5. The van der Waals surface area contributed by atoms with Crippen molar-refractivity contribution in [2.45, 2.75) is 55.5 Å². The fourth-order valence-corrected chi connectivity index (χ4v) is 22.8. The number of hydrogen-bond donors (Lipinski definition) is 0. The van der Waals surface area contributed by atoms with E-state index in [2.05, 4.69) is 182 Å². The van der Waals surface area contributed by atoms with Gasteiger partial charge in [-0.1, -0.05) is 166 Å². The van der Waals surface area contributed by atoms with E-state index in [1.54, 1.807) is 15.9 Å². The molecule has 4 heterocycles. The second kappa shape index (κ2) is 22.7. The lowest BCUT2D eigenvalue weighted by Crippen LogP contribution is -2.21. The Kier molecular flexibility index (Phi) is 16.9. The Hall–Kier alpha value is -2.60. The molecule has 3 saturated heterocycles. The van der Waals surface area contributed by atoms with Gasteiger partial charge in [0.2, 0.25) is 0 Å². The third-order valence-corrected chi connectivity index (χ3v) is 26.0. The third kappa shape index (κ3) is 12.2. The molecule has 1 aromatic heterocycles.